The van der Waals surface area contributed by atoms with E-state index in [9.17, 15) is 9.59 Å². The van der Waals surface area contributed by atoms with Gasteiger partial charge in [-0.25, -0.2) is 4.98 Å². The van der Waals surface area contributed by atoms with Crippen molar-refractivity contribution in [3.8, 4) is 11.1 Å². The molecule has 0 atom stereocenters. The second-order valence-electron chi connectivity index (χ2n) is 7.80. The third-order valence-corrected chi connectivity index (χ3v) is 6.26. The van der Waals surface area contributed by atoms with E-state index in [1.54, 1.807) is 4.57 Å². The molecule has 0 saturated carbocycles. The van der Waals surface area contributed by atoms with Gasteiger partial charge in [0.1, 0.15) is 11.0 Å². The van der Waals surface area contributed by atoms with Crippen LogP contribution in [-0.4, -0.2) is 26.2 Å². The number of carbonyl (C=O) groups excluding carboxylic acids is 1. The topological polar surface area (TPSA) is 79.8 Å². The van der Waals surface area contributed by atoms with E-state index >= 15 is 0 Å². The second-order valence-corrected chi connectivity index (χ2v) is 8.75. The molecule has 7 heteroatoms. The molecule has 0 radical (unpaired) electrons. The number of aromatic nitrogens is 3. The summed E-state index contributed by atoms with van der Waals surface area (Å²) in [6, 6.07) is 17.5. The summed E-state index contributed by atoms with van der Waals surface area (Å²) in [4.78, 5) is 33.8. The quantitative estimate of drug-likeness (QED) is 0.300. The summed E-state index contributed by atoms with van der Waals surface area (Å²) in [7, 11) is 0. The molecule has 0 unspecified atom stereocenters. The molecular formula is C25H26N4O2S. The van der Waals surface area contributed by atoms with E-state index in [4.69, 9.17) is 4.98 Å². The molecule has 2 aromatic heterocycles. The molecule has 32 heavy (non-hydrogen) atoms. The van der Waals surface area contributed by atoms with E-state index < -0.39 is 0 Å². The maximum absolute atomic E-state index is 13.2. The molecule has 2 aromatic carbocycles. The molecule has 4 rings (SSSR count). The number of rotatable bonds is 7. The third kappa shape index (κ3) is 4.34. The molecule has 0 saturated heterocycles. The van der Waals surface area contributed by atoms with Gasteiger partial charge in [0.15, 0.2) is 5.16 Å². The number of aromatic amines is 1. The zero-order chi connectivity index (χ0) is 22.7. The van der Waals surface area contributed by atoms with Crippen LogP contribution >= 0.6 is 11.8 Å². The Kier molecular flexibility index (Phi) is 6.46. The van der Waals surface area contributed by atoms with Gasteiger partial charge in [0.25, 0.3) is 5.56 Å². The number of aryl methyl sites for hydroxylation is 1. The van der Waals surface area contributed by atoms with Crippen LogP contribution in [0.15, 0.2) is 70.7 Å². The molecule has 2 heterocycles. The van der Waals surface area contributed by atoms with Crippen LogP contribution in [0.3, 0.4) is 0 Å². The van der Waals surface area contributed by atoms with Gasteiger partial charge in [-0.3, -0.25) is 14.2 Å². The van der Waals surface area contributed by atoms with Crippen LogP contribution in [-0.2, 0) is 11.2 Å². The Bertz CT molecular complexity index is 1310. The van der Waals surface area contributed by atoms with Gasteiger partial charge in [0.05, 0.1) is 5.75 Å². The monoisotopic (exact) mass is 446 g/mol. The maximum Gasteiger partial charge on any atom is 0.278 e. The molecule has 164 valence electrons. The molecule has 0 fully saturated rings. The van der Waals surface area contributed by atoms with Crippen LogP contribution in [0.2, 0.25) is 0 Å². The number of fused-ring (bicyclic) bond motifs is 1. The SMILES string of the molecule is CCc1ccccc1NC(=O)CSc1nc2c(-c3ccccc3)c[nH]c2c(=O)n1C(C)C. The fourth-order valence-corrected chi connectivity index (χ4v) is 4.63. The largest absolute Gasteiger partial charge is 0.355 e. The van der Waals surface area contributed by atoms with Crippen molar-refractivity contribution in [2.24, 2.45) is 0 Å². The molecule has 0 aliphatic heterocycles. The van der Waals surface area contributed by atoms with Gasteiger partial charge in [-0.05, 0) is 37.5 Å². The molecule has 2 N–H and O–H groups in total. The van der Waals surface area contributed by atoms with Crippen LogP contribution < -0.4 is 10.9 Å². The Balaban J connectivity index is 1.66. The smallest absolute Gasteiger partial charge is 0.278 e. The van der Waals surface area contributed by atoms with Crippen LogP contribution in [0.1, 0.15) is 32.4 Å². The summed E-state index contributed by atoms with van der Waals surface area (Å²) in [6.45, 7) is 5.94. The zero-order valence-electron chi connectivity index (χ0n) is 18.4. The summed E-state index contributed by atoms with van der Waals surface area (Å²) in [5, 5.41) is 3.52. The Labute approximate surface area is 191 Å². The van der Waals surface area contributed by atoms with Crippen molar-refractivity contribution in [1.29, 1.82) is 0 Å². The van der Waals surface area contributed by atoms with Gasteiger partial charge >= 0.3 is 0 Å². The minimum Gasteiger partial charge on any atom is -0.355 e. The van der Waals surface area contributed by atoms with E-state index in [-0.39, 0.29) is 23.3 Å². The maximum atomic E-state index is 13.2. The average molecular weight is 447 g/mol. The molecule has 0 aliphatic carbocycles. The lowest BCUT2D eigenvalue weighted by atomic mass is 10.1. The predicted octanol–water partition coefficient (Wildman–Crippen LogP) is 5.27. The van der Waals surface area contributed by atoms with Crippen LogP contribution in [0, 0.1) is 0 Å². The summed E-state index contributed by atoms with van der Waals surface area (Å²) < 4.78 is 1.64. The number of nitrogens with one attached hydrogen (secondary N) is 2. The molecule has 6 nitrogen and oxygen atoms in total. The highest BCUT2D eigenvalue weighted by Gasteiger charge is 2.19. The van der Waals surface area contributed by atoms with E-state index in [1.807, 2.05) is 74.6 Å². The van der Waals surface area contributed by atoms with Crippen LogP contribution in [0.4, 0.5) is 5.69 Å². The van der Waals surface area contributed by atoms with Gasteiger partial charge in [0, 0.05) is 23.5 Å². The molecule has 1 amide bonds. The minimum absolute atomic E-state index is 0.0887. The van der Waals surface area contributed by atoms with Crippen molar-refractivity contribution in [2.75, 3.05) is 11.1 Å². The number of thioether (sulfide) groups is 1. The van der Waals surface area contributed by atoms with Gasteiger partial charge < -0.3 is 10.3 Å². The Morgan fingerprint density at radius 3 is 2.56 bits per heavy atom. The number of para-hydroxylation sites is 1. The van der Waals surface area contributed by atoms with Crippen LogP contribution in [0.25, 0.3) is 22.2 Å². The fraction of sp³-hybridized carbons (Fsp3) is 0.240. The van der Waals surface area contributed by atoms with E-state index in [1.165, 1.54) is 11.8 Å². The average Bonchev–Trinajstić information content (AvgIpc) is 3.22. The highest BCUT2D eigenvalue weighted by Crippen LogP contribution is 2.28. The van der Waals surface area contributed by atoms with Crippen molar-refractivity contribution in [3.05, 3.63) is 76.7 Å². The molecular weight excluding hydrogens is 420 g/mol. The normalized spacial score (nSPS) is 11.2. The highest BCUT2D eigenvalue weighted by atomic mass is 32.2. The number of carbonyl (C=O) groups is 1. The number of hydrogen-bond acceptors (Lipinski definition) is 4. The number of nitrogens with zero attached hydrogens (tertiary/aromatic N) is 2. The standard InChI is InChI=1S/C25H26N4O2S/c1-4-17-10-8-9-13-20(17)27-21(30)15-32-25-28-22-19(18-11-6-5-7-12-18)14-26-23(22)24(31)29(25)16(2)3/h5-14,16,26H,4,15H2,1-3H3,(H,27,30). The van der Waals surface area contributed by atoms with E-state index in [2.05, 4.69) is 17.2 Å². The van der Waals surface area contributed by atoms with Crippen molar-refractivity contribution in [1.82, 2.24) is 14.5 Å². The summed E-state index contributed by atoms with van der Waals surface area (Å²) in [5.41, 5.74) is 4.73. The molecule has 0 spiro atoms. The summed E-state index contributed by atoms with van der Waals surface area (Å²) >= 11 is 1.28. The van der Waals surface area contributed by atoms with E-state index in [0.717, 1.165) is 28.8 Å². The second kappa shape index (κ2) is 9.44. The number of benzene rings is 2. The summed E-state index contributed by atoms with van der Waals surface area (Å²) in [5.74, 6) is 0.0336. The van der Waals surface area contributed by atoms with Crippen LogP contribution in [0.5, 0.6) is 0 Å². The molecule has 4 aromatic rings. The Morgan fingerprint density at radius 2 is 1.84 bits per heavy atom. The van der Waals surface area contributed by atoms with Crippen molar-refractivity contribution >= 4 is 34.4 Å². The lowest BCUT2D eigenvalue weighted by Crippen LogP contribution is -2.26. The highest BCUT2D eigenvalue weighted by molar-refractivity contribution is 7.99. The van der Waals surface area contributed by atoms with Gasteiger partial charge in [-0.1, -0.05) is 67.2 Å². The zero-order valence-corrected chi connectivity index (χ0v) is 19.2. The van der Waals surface area contributed by atoms with E-state index in [0.29, 0.717) is 16.2 Å². The summed E-state index contributed by atoms with van der Waals surface area (Å²) in [6.07, 6.45) is 2.66. The minimum atomic E-state index is -0.133. The first kappa shape index (κ1) is 21.9. The molecule has 0 bridgehead atoms. The number of H-pyrrole nitrogens is 1. The van der Waals surface area contributed by atoms with Crippen molar-refractivity contribution in [2.45, 2.75) is 38.4 Å². The number of amides is 1. The predicted molar refractivity (Wildman–Crippen MR) is 131 cm³/mol. The Morgan fingerprint density at radius 1 is 1.12 bits per heavy atom. The van der Waals surface area contributed by atoms with Crippen molar-refractivity contribution < 1.29 is 4.79 Å². The van der Waals surface area contributed by atoms with Gasteiger partial charge in [-0.2, -0.15) is 0 Å². The third-order valence-electron chi connectivity index (χ3n) is 5.30. The van der Waals surface area contributed by atoms with Gasteiger partial charge in [0.2, 0.25) is 5.91 Å². The molecule has 0 aliphatic rings. The number of anilines is 1. The fourth-order valence-electron chi connectivity index (χ4n) is 3.71. The van der Waals surface area contributed by atoms with Crippen molar-refractivity contribution in [3.63, 3.8) is 0 Å². The first-order valence-electron chi connectivity index (χ1n) is 10.7. The first-order valence-corrected chi connectivity index (χ1v) is 11.7. The lowest BCUT2D eigenvalue weighted by molar-refractivity contribution is -0.113. The van der Waals surface area contributed by atoms with Gasteiger partial charge in [-0.15, -0.1) is 0 Å². The first-order chi connectivity index (χ1) is 15.5. The Hall–Kier alpha value is -3.32. The number of hydrogen-bond donors (Lipinski definition) is 2. The lowest BCUT2D eigenvalue weighted by Gasteiger charge is -2.15.